The highest BCUT2D eigenvalue weighted by atomic mass is 16.4. The van der Waals surface area contributed by atoms with Crippen LogP contribution >= 0.6 is 0 Å². The molecule has 1 aromatic carbocycles. The molecule has 1 amide bonds. The minimum Gasteiger partial charge on any atom is -0.507 e. The highest BCUT2D eigenvalue weighted by Crippen LogP contribution is 2.65. The van der Waals surface area contributed by atoms with Crippen LogP contribution in [0.5, 0.6) is 5.75 Å². The van der Waals surface area contributed by atoms with E-state index in [0.29, 0.717) is 16.8 Å². The zero-order valence-corrected chi connectivity index (χ0v) is 22.9. The Hall–Kier alpha value is -3.58. The van der Waals surface area contributed by atoms with Gasteiger partial charge in [0.15, 0.2) is 17.2 Å². The molecule has 6 N–H and O–H groups in total. The molecule has 2 unspecified atom stereocenters. The maximum atomic E-state index is 14.1. The molecule has 9 heteroatoms. The highest BCUT2D eigenvalue weighted by Gasteiger charge is 2.75. The van der Waals surface area contributed by atoms with Gasteiger partial charge in [-0.3, -0.25) is 14.4 Å². The number of hydrogen-bond acceptors (Lipinski definition) is 8. The standard InChI is InChI=1S/C31H34N2O7/c1-15(2)22-25(36)21(28(32)39)26(37)31(40)27(38)23-24(35)20-18(13-29(23,3)14-30(22,31)4)16(9-11-19(20)34)8-10-17-7-5-6-12-33-17/h5-7,9,11-12,15,21-23,25,27,34,36,38,40H,13-14H2,1-4H3,(H2,32,39)/t21-,22+,23-,25?,27?,29-,30-,31+/m1/s1. The number of carbonyl (C=O) groups is 3. The smallest absolute Gasteiger partial charge is 0.230 e. The molecule has 1 aromatic heterocycles. The molecule has 0 radical (unpaired) electrons. The molecule has 2 fully saturated rings. The van der Waals surface area contributed by atoms with Gasteiger partial charge in [0, 0.05) is 17.2 Å². The third-order valence-electron chi connectivity index (χ3n) is 9.65. The number of ketones is 2. The fourth-order valence-electron chi connectivity index (χ4n) is 8.22. The van der Waals surface area contributed by atoms with Crippen LogP contribution in [0.3, 0.4) is 0 Å². The molecule has 2 aromatic rings. The number of hydrogen-bond donors (Lipinski definition) is 5. The van der Waals surface area contributed by atoms with E-state index in [1.54, 1.807) is 58.2 Å². The number of nitrogens with zero attached hydrogens (tertiary/aromatic N) is 1. The zero-order chi connectivity index (χ0) is 29.4. The van der Waals surface area contributed by atoms with Crippen LogP contribution < -0.4 is 5.73 Å². The third-order valence-corrected chi connectivity index (χ3v) is 9.65. The summed E-state index contributed by atoms with van der Waals surface area (Å²) in [4.78, 5) is 44.4. The van der Waals surface area contributed by atoms with Crippen molar-refractivity contribution in [3.05, 3.63) is 58.9 Å². The van der Waals surface area contributed by atoms with E-state index in [1.165, 1.54) is 6.07 Å². The van der Waals surface area contributed by atoms with Crippen molar-refractivity contribution < 1.29 is 34.8 Å². The summed E-state index contributed by atoms with van der Waals surface area (Å²) in [5.74, 6) is -1.19. The topological polar surface area (TPSA) is 171 Å². The van der Waals surface area contributed by atoms with Crippen LogP contribution in [0.1, 0.15) is 61.3 Å². The molecule has 210 valence electrons. The fraction of sp³-hybridized carbons (Fsp3) is 0.484. The number of pyridine rings is 1. The Labute approximate surface area is 232 Å². The van der Waals surface area contributed by atoms with Crippen LogP contribution in [0.2, 0.25) is 0 Å². The first-order chi connectivity index (χ1) is 18.7. The summed E-state index contributed by atoms with van der Waals surface area (Å²) in [5.41, 5.74) is 2.09. The number of aliphatic hydroxyl groups excluding tert-OH is 2. The second kappa shape index (κ2) is 9.23. The number of phenolic OH excluding ortho intramolecular Hbond substituents is 1. The number of rotatable bonds is 2. The maximum absolute atomic E-state index is 14.1. The van der Waals surface area contributed by atoms with Crippen LogP contribution in [0.4, 0.5) is 0 Å². The number of nitrogens with two attached hydrogens (primary N) is 1. The summed E-state index contributed by atoms with van der Waals surface area (Å²) >= 11 is 0. The first-order valence-corrected chi connectivity index (χ1v) is 13.4. The monoisotopic (exact) mass is 546 g/mol. The van der Waals surface area contributed by atoms with Gasteiger partial charge >= 0.3 is 0 Å². The Morgan fingerprint density at radius 1 is 1.12 bits per heavy atom. The van der Waals surface area contributed by atoms with Crippen molar-refractivity contribution in [3.8, 4) is 17.6 Å². The van der Waals surface area contributed by atoms with Crippen LogP contribution in [0.15, 0.2) is 36.5 Å². The molecule has 0 bridgehead atoms. The van der Waals surface area contributed by atoms with Gasteiger partial charge in [-0.15, -0.1) is 0 Å². The molecule has 2 saturated carbocycles. The van der Waals surface area contributed by atoms with Gasteiger partial charge in [0.2, 0.25) is 5.91 Å². The Bertz CT molecular complexity index is 1480. The van der Waals surface area contributed by atoms with E-state index in [2.05, 4.69) is 16.8 Å². The summed E-state index contributed by atoms with van der Waals surface area (Å²) in [6.45, 7) is 7.05. The number of fused-ring (bicyclic) bond motifs is 3. The largest absolute Gasteiger partial charge is 0.507 e. The summed E-state index contributed by atoms with van der Waals surface area (Å²) in [6.07, 6.45) is -1.50. The van der Waals surface area contributed by atoms with Crippen molar-refractivity contribution in [1.82, 2.24) is 4.98 Å². The van der Waals surface area contributed by atoms with Crippen molar-refractivity contribution in [2.24, 2.45) is 40.2 Å². The summed E-state index contributed by atoms with van der Waals surface area (Å²) < 4.78 is 0. The fourth-order valence-corrected chi connectivity index (χ4v) is 8.22. The quantitative estimate of drug-likeness (QED) is 0.278. The van der Waals surface area contributed by atoms with E-state index in [1.807, 2.05) is 0 Å². The third kappa shape index (κ3) is 3.66. The molecular weight excluding hydrogens is 512 g/mol. The number of amides is 1. The van der Waals surface area contributed by atoms with Gasteiger partial charge in [-0.2, -0.15) is 0 Å². The molecular formula is C31H34N2O7. The second-order valence-electron chi connectivity index (χ2n) is 12.4. The molecule has 0 aliphatic heterocycles. The number of Topliss-reactive ketones (excluding diaryl/α,β-unsaturated/α-hetero) is 2. The SMILES string of the molecule is CC(C)[C@H]1C(O)[C@@H](C(N)=O)C(=O)[C@]2(O)C(O)[C@H]3C(=O)c4c(O)ccc(C#Cc5ccccn5)c4C[C@]3(C)C[C@]12C. The normalized spacial score (nSPS) is 36.6. The lowest BCUT2D eigenvalue weighted by Gasteiger charge is -2.66. The molecule has 9 nitrogen and oxygen atoms in total. The molecule has 0 saturated heterocycles. The average Bonchev–Trinajstić information content (AvgIpc) is 2.86. The van der Waals surface area contributed by atoms with E-state index < -0.39 is 63.9 Å². The average molecular weight is 547 g/mol. The van der Waals surface area contributed by atoms with Gasteiger partial charge in [0.1, 0.15) is 23.5 Å². The van der Waals surface area contributed by atoms with Gasteiger partial charge in [-0.1, -0.05) is 39.7 Å². The number of carbonyl (C=O) groups excluding carboxylic acids is 3. The van der Waals surface area contributed by atoms with Crippen LogP contribution in [0.25, 0.3) is 0 Å². The van der Waals surface area contributed by atoms with Crippen LogP contribution in [-0.2, 0) is 16.0 Å². The van der Waals surface area contributed by atoms with Crippen LogP contribution in [-0.4, -0.2) is 60.7 Å². The summed E-state index contributed by atoms with van der Waals surface area (Å²) in [5, 5.41) is 46.0. The Morgan fingerprint density at radius 3 is 2.42 bits per heavy atom. The van der Waals surface area contributed by atoms with Crippen molar-refractivity contribution in [1.29, 1.82) is 0 Å². The minimum atomic E-state index is -2.54. The lowest BCUT2D eigenvalue weighted by atomic mass is 9.39. The van der Waals surface area contributed by atoms with E-state index in [9.17, 15) is 34.8 Å². The summed E-state index contributed by atoms with van der Waals surface area (Å²) in [6, 6.07) is 8.30. The van der Waals surface area contributed by atoms with Gasteiger partial charge in [0.25, 0.3) is 0 Å². The Morgan fingerprint density at radius 2 is 1.82 bits per heavy atom. The first kappa shape index (κ1) is 28.0. The highest BCUT2D eigenvalue weighted by molar-refractivity contribution is 6.09. The van der Waals surface area contributed by atoms with E-state index in [0.717, 1.165) is 0 Å². The lowest BCUT2D eigenvalue weighted by Crippen LogP contribution is -2.79. The Kier molecular flexibility index (Phi) is 6.45. The molecule has 8 atom stereocenters. The van der Waals surface area contributed by atoms with Crippen LogP contribution in [0, 0.1) is 46.3 Å². The maximum Gasteiger partial charge on any atom is 0.230 e. The van der Waals surface area contributed by atoms with E-state index >= 15 is 0 Å². The van der Waals surface area contributed by atoms with Crippen molar-refractivity contribution in [3.63, 3.8) is 0 Å². The number of aromatic nitrogens is 1. The number of phenols is 1. The molecule has 40 heavy (non-hydrogen) atoms. The number of aliphatic hydroxyl groups is 3. The number of primary amides is 1. The lowest BCUT2D eigenvalue weighted by molar-refractivity contribution is -0.265. The zero-order valence-electron chi connectivity index (χ0n) is 22.9. The Balaban J connectivity index is 1.69. The molecule has 5 rings (SSSR count). The van der Waals surface area contributed by atoms with Gasteiger partial charge < -0.3 is 26.2 Å². The predicted molar refractivity (Wildman–Crippen MR) is 144 cm³/mol. The van der Waals surface area contributed by atoms with E-state index in [-0.39, 0.29) is 30.1 Å². The van der Waals surface area contributed by atoms with Gasteiger partial charge in [0.05, 0.1) is 17.6 Å². The molecule has 3 aliphatic carbocycles. The molecule has 3 aliphatic rings. The second-order valence-corrected chi connectivity index (χ2v) is 12.4. The van der Waals surface area contributed by atoms with Crippen molar-refractivity contribution in [2.75, 3.05) is 0 Å². The predicted octanol–water partition coefficient (Wildman–Crippen LogP) is 1.37. The number of aromatic hydroxyl groups is 1. The van der Waals surface area contributed by atoms with E-state index in [4.69, 9.17) is 5.73 Å². The summed E-state index contributed by atoms with van der Waals surface area (Å²) in [7, 11) is 0. The number of benzene rings is 1. The molecule has 0 spiro atoms. The van der Waals surface area contributed by atoms with Crippen molar-refractivity contribution in [2.45, 2.75) is 58.3 Å². The minimum absolute atomic E-state index is 0.0169. The molecule has 1 heterocycles. The van der Waals surface area contributed by atoms with Crippen molar-refractivity contribution >= 4 is 17.5 Å². The van der Waals surface area contributed by atoms with Gasteiger partial charge in [-0.25, -0.2) is 4.98 Å². The van der Waals surface area contributed by atoms with Gasteiger partial charge in [-0.05, 0) is 65.8 Å². The first-order valence-electron chi connectivity index (χ1n) is 13.4.